The molecule has 2 amide bonds. The van der Waals surface area contributed by atoms with Gasteiger partial charge in [-0.1, -0.05) is 56.5 Å². The smallest absolute Gasteiger partial charge is 0.273 e. The second kappa shape index (κ2) is 12.2. The van der Waals surface area contributed by atoms with E-state index in [1.54, 1.807) is 30.2 Å². The van der Waals surface area contributed by atoms with E-state index in [0.29, 0.717) is 17.7 Å². The summed E-state index contributed by atoms with van der Waals surface area (Å²) in [6.45, 7) is 2.10. The predicted molar refractivity (Wildman–Crippen MR) is 129 cm³/mol. The van der Waals surface area contributed by atoms with E-state index in [0.717, 1.165) is 31.2 Å². The Balaban J connectivity index is 1.85. The highest BCUT2D eigenvalue weighted by Gasteiger charge is 2.31. The zero-order valence-corrected chi connectivity index (χ0v) is 19.9. The molecular formula is C26H33N3O5. The van der Waals surface area contributed by atoms with Crippen molar-refractivity contribution >= 4 is 17.5 Å². The number of hydrogen-bond acceptors (Lipinski definition) is 5. The van der Waals surface area contributed by atoms with Gasteiger partial charge >= 0.3 is 0 Å². The maximum absolute atomic E-state index is 13.5. The van der Waals surface area contributed by atoms with Gasteiger partial charge in [0.2, 0.25) is 11.8 Å². The summed E-state index contributed by atoms with van der Waals surface area (Å²) in [7, 11) is 1.58. The van der Waals surface area contributed by atoms with E-state index in [9.17, 15) is 19.7 Å². The third-order valence-corrected chi connectivity index (χ3v) is 6.38. The molecule has 0 spiro atoms. The molecule has 1 saturated carbocycles. The summed E-state index contributed by atoms with van der Waals surface area (Å²) >= 11 is 0. The van der Waals surface area contributed by atoms with Crippen LogP contribution in [0.25, 0.3) is 0 Å². The first-order chi connectivity index (χ1) is 16.4. The molecule has 0 heterocycles. The van der Waals surface area contributed by atoms with E-state index in [2.05, 4.69) is 5.32 Å². The average Bonchev–Trinajstić information content (AvgIpc) is 2.85. The Kier molecular flexibility index (Phi) is 9.01. The average molecular weight is 468 g/mol. The molecule has 8 nitrogen and oxygen atoms in total. The summed E-state index contributed by atoms with van der Waals surface area (Å²) in [4.78, 5) is 39.3. The fourth-order valence-electron chi connectivity index (χ4n) is 4.49. The molecule has 0 bridgehead atoms. The number of nitro benzene ring substituents is 1. The summed E-state index contributed by atoms with van der Waals surface area (Å²) in [6, 6.07) is 13.0. The van der Waals surface area contributed by atoms with Crippen LogP contribution in [0.4, 0.5) is 5.69 Å². The lowest BCUT2D eigenvalue weighted by Crippen LogP contribution is -2.52. The summed E-state index contributed by atoms with van der Waals surface area (Å²) < 4.78 is 5.22. The molecule has 2 aromatic rings. The molecule has 0 aromatic heterocycles. The van der Waals surface area contributed by atoms with E-state index in [-0.39, 0.29) is 36.5 Å². The number of nitrogens with zero attached hydrogens (tertiary/aromatic N) is 2. The molecule has 0 unspecified atom stereocenters. The van der Waals surface area contributed by atoms with E-state index < -0.39 is 11.0 Å². The van der Waals surface area contributed by atoms with Crippen molar-refractivity contribution in [3.05, 3.63) is 69.8 Å². The third-order valence-electron chi connectivity index (χ3n) is 6.38. The minimum atomic E-state index is -0.667. The van der Waals surface area contributed by atoms with Gasteiger partial charge in [0.25, 0.3) is 5.69 Å². The molecule has 1 aliphatic carbocycles. The third kappa shape index (κ3) is 6.56. The maximum Gasteiger partial charge on any atom is 0.273 e. The molecular weight excluding hydrogens is 434 g/mol. The zero-order chi connectivity index (χ0) is 24.5. The lowest BCUT2D eigenvalue weighted by molar-refractivity contribution is -0.385. The van der Waals surface area contributed by atoms with Crippen molar-refractivity contribution in [2.75, 3.05) is 7.11 Å². The Labute approximate surface area is 200 Å². The van der Waals surface area contributed by atoms with Crippen molar-refractivity contribution in [3.63, 3.8) is 0 Å². The molecule has 1 fully saturated rings. The van der Waals surface area contributed by atoms with E-state index in [1.165, 1.54) is 12.5 Å². The molecule has 1 aliphatic rings. The number of methoxy groups -OCH3 is 1. The Hall–Kier alpha value is -3.42. The number of ether oxygens (including phenoxy) is 1. The van der Waals surface area contributed by atoms with Crippen LogP contribution in [-0.4, -0.2) is 40.8 Å². The van der Waals surface area contributed by atoms with E-state index >= 15 is 0 Å². The van der Waals surface area contributed by atoms with Crippen molar-refractivity contribution in [2.24, 2.45) is 0 Å². The lowest BCUT2D eigenvalue weighted by atomic mass is 9.95. The van der Waals surface area contributed by atoms with Crippen LogP contribution in [0.1, 0.15) is 56.6 Å². The summed E-state index contributed by atoms with van der Waals surface area (Å²) in [5, 5.41) is 14.6. The van der Waals surface area contributed by atoms with Crippen molar-refractivity contribution in [2.45, 2.75) is 70.5 Å². The van der Waals surface area contributed by atoms with Crippen molar-refractivity contribution < 1.29 is 19.2 Å². The Bertz CT molecular complexity index is 986. The van der Waals surface area contributed by atoms with Gasteiger partial charge < -0.3 is 15.0 Å². The van der Waals surface area contributed by atoms with Gasteiger partial charge in [-0.05, 0) is 37.0 Å². The van der Waals surface area contributed by atoms with Gasteiger partial charge in [0.05, 0.1) is 18.5 Å². The van der Waals surface area contributed by atoms with Gasteiger partial charge in [-0.25, -0.2) is 0 Å². The molecule has 1 atom stereocenters. The highest BCUT2D eigenvalue weighted by molar-refractivity contribution is 5.89. The zero-order valence-electron chi connectivity index (χ0n) is 19.9. The van der Waals surface area contributed by atoms with Crippen LogP contribution in [0.2, 0.25) is 0 Å². The highest BCUT2D eigenvalue weighted by atomic mass is 16.6. The van der Waals surface area contributed by atoms with Crippen molar-refractivity contribution in [1.82, 2.24) is 10.2 Å². The molecule has 2 aromatic carbocycles. The first-order valence-corrected chi connectivity index (χ1v) is 11.9. The second-order valence-electron chi connectivity index (χ2n) is 8.70. The number of amides is 2. The summed E-state index contributed by atoms with van der Waals surface area (Å²) in [6.07, 6.45) is 5.55. The Morgan fingerprint density at radius 3 is 2.41 bits per heavy atom. The number of para-hydroxylation sites is 1. The molecule has 0 radical (unpaired) electrons. The predicted octanol–water partition coefficient (Wildman–Crippen LogP) is 4.40. The number of nitro groups is 1. The van der Waals surface area contributed by atoms with Crippen LogP contribution in [-0.2, 0) is 22.6 Å². The second-order valence-corrected chi connectivity index (χ2v) is 8.70. The van der Waals surface area contributed by atoms with Crippen LogP contribution < -0.4 is 10.1 Å². The Morgan fingerprint density at radius 2 is 1.79 bits per heavy atom. The number of benzene rings is 2. The number of rotatable bonds is 10. The van der Waals surface area contributed by atoms with Crippen LogP contribution in [0, 0.1) is 10.1 Å². The fraction of sp³-hybridized carbons (Fsp3) is 0.462. The van der Waals surface area contributed by atoms with Crippen LogP contribution in [0.15, 0.2) is 48.5 Å². The molecule has 1 N–H and O–H groups in total. The van der Waals surface area contributed by atoms with Gasteiger partial charge in [-0.15, -0.1) is 0 Å². The SMILES string of the molecule is CC[C@H](C(=O)NC1CCCCC1)N(Cc1ccc(OC)cc1)C(=O)Cc1ccccc1[N+](=O)[O-]. The first-order valence-electron chi connectivity index (χ1n) is 11.9. The van der Waals surface area contributed by atoms with Crippen LogP contribution in [0.5, 0.6) is 5.75 Å². The lowest BCUT2D eigenvalue weighted by Gasteiger charge is -2.33. The standard InChI is InChI=1S/C26H33N3O5/c1-3-23(26(31)27-21-10-5-4-6-11-21)28(18-19-13-15-22(34-2)16-14-19)25(30)17-20-9-7-8-12-24(20)29(32)33/h7-9,12-16,21,23H,3-6,10-11,17-18H2,1-2H3,(H,27,31)/t23-/m1/s1. The van der Waals surface area contributed by atoms with E-state index in [1.807, 2.05) is 31.2 Å². The molecule has 182 valence electrons. The quantitative estimate of drug-likeness (QED) is 0.412. The van der Waals surface area contributed by atoms with Crippen molar-refractivity contribution in [3.8, 4) is 5.75 Å². The van der Waals surface area contributed by atoms with Gasteiger partial charge in [-0.3, -0.25) is 19.7 Å². The topological polar surface area (TPSA) is 102 Å². The molecule has 34 heavy (non-hydrogen) atoms. The van der Waals surface area contributed by atoms with E-state index in [4.69, 9.17) is 4.74 Å². The van der Waals surface area contributed by atoms with Gasteiger partial charge in [0.1, 0.15) is 11.8 Å². The molecule has 0 aliphatic heterocycles. The van der Waals surface area contributed by atoms with Gasteiger partial charge in [0, 0.05) is 24.2 Å². The largest absolute Gasteiger partial charge is 0.497 e. The molecule has 3 rings (SSSR count). The molecule has 0 saturated heterocycles. The number of hydrogen-bond donors (Lipinski definition) is 1. The number of carbonyl (C=O) groups is 2. The maximum atomic E-state index is 13.5. The normalized spacial score (nSPS) is 14.8. The molecule has 8 heteroatoms. The monoisotopic (exact) mass is 467 g/mol. The number of carbonyl (C=O) groups excluding carboxylic acids is 2. The minimum Gasteiger partial charge on any atom is -0.497 e. The van der Waals surface area contributed by atoms with Gasteiger partial charge in [-0.2, -0.15) is 0 Å². The van der Waals surface area contributed by atoms with Gasteiger partial charge in [0.15, 0.2) is 0 Å². The number of nitrogens with one attached hydrogen (secondary N) is 1. The van der Waals surface area contributed by atoms with Crippen LogP contribution >= 0.6 is 0 Å². The Morgan fingerprint density at radius 1 is 1.12 bits per heavy atom. The van der Waals surface area contributed by atoms with Crippen LogP contribution in [0.3, 0.4) is 0 Å². The van der Waals surface area contributed by atoms with Crippen molar-refractivity contribution in [1.29, 1.82) is 0 Å². The summed E-state index contributed by atoms with van der Waals surface area (Å²) in [5.41, 5.74) is 1.08. The first kappa shape index (κ1) is 25.2. The fourth-order valence-corrected chi connectivity index (χ4v) is 4.49. The summed E-state index contributed by atoms with van der Waals surface area (Å²) in [5.74, 6) is 0.207. The highest BCUT2D eigenvalue weighted by Crippen LogP contribution is 2.23. The minimum absolute atomic E-state index is 0.0973.